The summed E-state index contributed by atoms with van der Waals surface area (Å²) >= 11 is 1.98. The molecule has 2 heterocycles. The third-order valence-electron chi connectivity index (χ3n) is 4.01. The summed E-state index contributed by atoms with van der Waals surface area (Å²) in [6, 6.07) is 5.33. The van der Waals surface area contributed by atoms with Gasteiger partial charge < -0.3 is 5.73 Å². The summed E-state index contributed by atoms with van der Waals surface area (Å²) in [6.45, 7) is 10.1. The van der Waals surface area contributed by atoms with E-state index < -0.39 is 0 Å². The zero-order valence-corrected chi connectivity index (χ0v) is 13.4. The molecule has 0 aliphatic carbocycles. The van der Waals surface area contributed by atoms with Crippen molar-refractivity contribution >= 4 is 11.3 Å². The fourth-order valence-electron chi connectivity index (χ4n) is 2.85. The molecule has 2 rings (SSSR count). The molecule has 0 radical (unpaired) electrons. The van der Waals surface area contributed by atoms with Gasteiger partial charge in [0.1, 0.15) is 0 Å². The van der Waals surface area contributed by atoms with E-state index in [9.17, 15) is 0 Å². The van der Waals surface area contributed by atoms with Crippen LogP contribution in [0.2, 0.25) is 0 Å². The van der Waals surface area contributed by atoms with Crippen molar-refractivity contribution < 1.29 is 0 Å². The molecule has 1 aromatic rings. The fraction of sp³-hybridized carbons (Fsp3) is 0.750. The molecule has 0 spiro atoms. The summed E-state index contributed by atoms with van der Waals surface area (Å²) in [5.41, 5.74) is 6.03. The quantitative estimate of drug-likeness (QED) is 0.910. The van der Waals surface area contributed by atoms with E-state index in [2.05, 4.69) is 37.8 Å². The highest BCUT2D eigenvalue weighted by Gasteiger charge is 2.23. The number of hydrogen-bond donors (Lipinski definition) is 1. The largest absolute Gasteiger partial charge is 0.330 e. The number of nitrogens with zero attached hydrogens (tertiary/aromatic N) is 1. The molecule has 1 unspecified atom stereocenters. The van der Waals surface area contributed by atoms with E-state index in [4.69, 9.17) is 5.73 Å². The highest BCUT2D eigenvalue weighted by atomic mass is 32.1. The van der Waals surface area contributed by atoms with E-state index in [1.54, 1.807) is 0 Å². The molecular formula is C16H28N2S. The predicted molar refractivity (Wildman–Crippen MR) is 84.7 cm³/mol. The van der Waals surface area contributed by atoms with Crippen LogP contribution in [0.4, 0.5) is 0 Å². The zero-order valence-electron chi connectivity index (χ0n) is 12.6. The van der Waals surface area contributed by atoms with E-state index >= 15 is 0 Å². The van der Waals surface area contributed by atoms with Gasteiger partial charge in [-0.05, 0) is 49.9 Å². The van der Waals surface area contributed by atoms with Crippen LogP contribution < -0.4 is 5.73 Å². The van der Waals surface area contributed by atoms with Gasteiger partial charge in [0.05, 0.1) is 0 Å². The van der Waals surface area contributed by atoms with Gasteiger partial charge in [0.15, 0.2) is 0 Å². The van der Waals surface area contributed by atoms with Crippen LogP contribution >= 0.6 is 11.3 Å². The van der Waals surface area contributed by atoms with Gasteiger partial charge in [-0.25, -0.2) is 0 Å². The van der Waals surface area contributed by atoms with Crippen LogP contribution in [0.1, 0.15) is 56.2 Å². The Morgan fingerprint density at radius 1 is 1.32 bits per heavy atom. The van der Waals surface area contributed by atoms with Crippen LogP contribution in [0.3, 0.4) is 0 Å². The Labute approximate surface area is 122 Å². The van der Waals surface area contributed by atoms with Crippen LogP contribution in [0.15, 0.2) is 12.1 Å². The average Bonchev–Trinajstić information content (AvgIpc) is 2.80. The molecule has 1 fully saturated rings. The van der Waals surface area contributed by atoms with Crippen LogP contribution in [0, 0.1) is 0 Å². The number of likely N-dealkylation sites (tertiary alicyclic amines) is 1. The van der Waals surface area contributed by atoms with Crippen molar-refractivity contribution in [2.75, 3.05) is 13.1 Å². The standard InChI is InChI=1S/C16H28N2S/c1-16(2,3)15-8-7-14(19-15)12-18-11-5-4-6-13(18)9-10-17/h7-8,13H,4-6,9-12,17H2,1-3H3. The number of thiophene rings is 1. The SMILES string of the molecule is CC(C)(C)c1ccc(CN2CCCCC2CCN)s1. The topological polar surface area (TPSA) is 29.3 Å². The molecule has 108 valence electrons. The molecule has 0 aromatic carbocycles. The molecule has 19 heavy (non-hydrogen) atoms. The van der Waals surface area contributed by atoms with Crippen LogP contribution in [-0.2, 0) is 12.0 Å². The minimum absolute atomic E-state index is 0.279. The maximum Gasteiger partial charge on any atom is 0.0330 e. The van der Waals surface area contributed by atoms with Crippen LogP contribution in [0.25, 0.3) is 0 Å². The lowest BCUT2D eigenvalue weighted by Gasteiger charge is -2.35. The summed E-state index contributed by atoms with van der Waals surface area (Å²) < 4.78 is 0. The van der Waals surface area contributed by atoms with E-state index in [-0.39, 0.29) is 5.41 Å². The molecule has 1 aliphatic rings. The van der Waals surface area contributed by atoms with E-state index in [0.717, 1.165) is 19.5 Å². The molecule has 1 atom stereocenters. The lowest BCUT2D eigenvalue weighted by molar-refractivity contribution is 0.135. The zero-order chi connectivity index (χ0) is 13.9. The minimum Gasteiger partial charge on any atom is -0.330 e. The molecule has 1 saturated heterocycles. The minimum atomic E-state index is 0.279. The molecule has 0 amide bonds. The second kappa shape index (κ2) is 6.38. The fourth-order valence-corrected chi connectivity index (χ4v) is 3.94. The number of rotatable bonds is 4. The molecule has 1 aromatic heterocycles. The Morgan fingerprint density at radius 3 is 2.74 bits per heavy atom. The van der Waals surface area contributed by atoms with Crippen molar-refractivity contribution in [2.45, 2.75) is 64.5 Å². The van der Waals surface area contributed by atoms with Gasteiger partial charge in [0.25, 0.3) is 0 Å². The second-order valence-electron chi connectivity index (χ2n) is 6.71. The van der Waals surface area contributed by atoms with Gasteiger partial charge in [0, 0.05) is 22.3 Å². The lowest BCUT2D eigenvalue weighted by atomic mass is 9.95. The van der Waals surface area contributed by atoms with Gasteiger partial charge in [0.2, 0.25) is 0 Å². The third kappa shape index (κ3) is 4.04. The van der Waals surface area contributed by atoms with E-state index in [0.29, 0.717) is 6.04 Å². The predicted octanol–water partition coefficient (Wildman–Crippen LogP) is 3.75. The van der Waals surface area contributed by atoms with Crippen molar-refractivity contribution in [1.29, 1.82) is 0 Å². The lowest BCUT2D eigenvalue weighted by Crippen LogP contribution is -2.39. The Balaban J connectivity index is 2.00. The molecule has 0 saturated carbocycles. The summed E-state index contributed by atoms with van der Waals surface area (Å²) in [7, 11) is 0. The van der Waals surface area contributed by atoms with Crippen molar-refractivity contribution in [1.82, 2.24) is 4.90 Å². The van der Waals surface area contributed by atoms with Gasteiger partial charge in [-0.3, -0.25) is 4.90 Å². The average molecular weight is 280 g/mol. The molecule has 3 heteroatoms. The molecule has 2 nitrogen and oxygen atoms in total. The first kappa shape index (κ1) is 15.0. The summed E-state index contributed by atoms with van der Waals surface area (Å²) in [6.07, 6.45) is 5.20. The van der Waals surface area contributed by atoms with E-state index in [1.807, 2.05) is 11.3 Å². The number of piperidine rings is 1. The first-order valence-corrected chi connectivity index (χ1v) is 8.35. The van der Waals surface area contributed by atoms with Crippen LogP contribution in [-0.4, -0.2) is 24.0 Å². The first-order valence-electron chi connectivity index (χ1n) is 7.54. The van der Waals surface area contributed by atoms with Crippen LogP contribution in [0.5, 0.6) is 0 Å². The van der Waals surface area contributed by atoms with Gasteiger partial charge in [-0.1, -0.05) is 27.2 Å². The van der Waals surface area contributed by atoms with Gasteiger partial charge in [-0.15, -0.1) is 11.3 Å². The molecule has 0 bridgehead atoms. The normalized spacial score (nSPS) is 21.8. The summed E-state index contributed by atoms with van der Waals surface area (Å²) in [5.74, 6) is 0. The first-order chi connectivity index (χ1) is 9.00. The van der Waals surface area contributed by atoms with Gasteiger partial charge in [-0.2, -0.15) is 0 Å². The van der Waals surface area contributed by atoms with Crippen molar-refractivity contribution in [3.8, 4) is 0 Å². The number of nitrogens with two attached hydrogens (primary N) is 1. The summed E-state index contributed by atoms with van der Waals surface area (Å²) in [5, 5.41) is 0. The Morgan fingerprint density at radius 2 is 2.11 bits per heavy atom. The highest BCUT2D eigenvalue weighted by Crippen LogP contribution is 2.31. The van der Waals surface area contributed by atoms with Crippen molar-refractivity contribution in [2.24, 2.45) is 5.73 Å². The molecule has 1 aliphatic heterocycles. The smallest absolute Gasteiger partial charge is 0.0330 e. The van der Waals surface area contributed by atoms with Crippen molar-refractivity contribution in [3.05, 3.63) is 21.9 Å². The Bertz CT molecular complexity index is 390. The molecule has 2 N–H and O–H groups in total. The van der Waals surface area contributed by atoms with E-state index in [1.165, 1.54) is 35.6 Å². The van der Waals surface area contributed by atoms with Crippen molar-refractivity contribution in [3.63, 3.8) is 0 Å². The maximum absolute atomic E-state index is 5.75. The van der Waals surface area contributed by atoms with Gasteiger partial charge >= 0.3 is 0 Å². The highest BCUT2D eigenvalue weighted by molar-refractivity contribution is 7.12. The third-order valence-corrected chi connectivity index (χ3v) is 5.50. The summed E-state index contributed by atoms with van der Waals surface area (Å²) in [4.78, 5) is 5.65. The molecular weight excluding hydrogens is 252 g/mol. The Hall–Kier alpha value is -0.380. The monoisotopic (exact) mass is 280 g/mol. The second-order valence-corrected chi connectivity index (χ2v) is 7.88. The number of hydrogen-bond acceptors (Lipinski definition) is 3. The Kier molecular flexibility index (Phi) is 5.04. The maximum atomic E-state index is 5.75.